The van der Waals surface area contributed by atoms with Gasteiger partial charge in [0, 0.05) is 0 Å². The van der Waals surface area contributed by atoms with E-state index in [1.807, 2.05) is 13.8 Å². The first-order chi connectivity index (χ1) is 6.61. The van der Waals surface area contributed by atoms with E-state index in [4.69, 9.17) is 4.74 Å². The Kier molecular flexibility index (Phi) is 6.65. The fraction of sp³-hybridized carbons (Fsp3) is 0.364. The molecule has 0 aliphatic rings. The summed E-state index contributed by atoms with van der Waals surface area (Å²) in [7, 11) is 0. The van der Waals surface area contributed by atoms with Gasteiger partial charge in [-0.25, -0.2) is 4.79 Å². The van der Waals surface area contributed by atoms with Crippen LogP contribution in [0.15, 0.2) is 24.3 Å². The molecule has 1 rings (SSSR count). The molecule has 0 saturated carbocycles. The Morgan fingerprint density at radius 3 is 2.53 bits per heavy atom. The number of esters is 1. The molecular weight excluding hydrogens is 203 g/mol. The van der Waals surface area contributed by atoms with Gasteiger partial charge in [-0.3, -0.25) is 0 Å². The van der Waals surface area contributed by atoms with Gasteiger partial charge >= 0.3 is 35.5 Å². The van der Waals surface area contributed by atoms with E-state index in [2.05, 4.69) is 0 Å². The maximum atomic E-state index is 11.4. The maximum absolute atomic E-state index is 11.4. The number of para-hydroxylation sites is 1. The third-order valence-electron chi connectivity index (χ3n) is 1.67. The van der Waals surface area contributed by atoms with E-state index in [0.29, 0.717) is 12.5 Å². The Morgan fingerprint density at radius 1 is 1.40 bits per heavy atom. The van der Waals surface area contributed by atoms with Crippen LogP contribution < -0.4 is 0 Å². The van der Waals surface area contributed by atoms with E-state index >= 15 is 0 Å². The van der Waals surface area contributed by atoms with Crippen molar-refractivity contribution in [3.63, 3.8) is 0 Å². The molecule has 1 aromatic carbocycles. The van der Waals surface area contributed by atoms with Crippen LogP contribution >= 0.6 is 0 Å². The number of hydrogen-bond donors (Lipinski definition) is 1. The van der Waals surface area contributed by atoms with E-state index in [1.54, 1.807) is 12.1 Å². The van der Waals surface area contributed by atoms with Crippen molar-refractivity contribution in [1.29, 1.82) is 0 Å². The number of aromatic hydroxyl groups is 1. The molecule has 0 spiro atoms. The van der Waals surface area contributed by atoms with Crippen LogP contribution in [-0.4, -0.2) is 47.2 Å². The second kappa shape index (κ2) is 6.88. The second-order valence-electron chi connectivity index (χ2n) is 3.51. The van der Waals surface area contributed by atoms with Gasteiger partial charge in [-0.05, 0) is 18.1 Å². The van der Waals surface area contributed by atoms with Crippen LogP contribution in [0.25, 0.3) is 0 Å². The summed E-state index contributed by atoms with van der Waals surface area (Å²) in [5.74, 6) is -0.220. The quantitative estimate of drug-likeness (QED) is 0.618. The molecule has 0 heterocycles. The molecule has 1 aromatic rings. The molecule has 0 atom stereocenters. The van der Waals surface area contributed by atoms with Crippen molar-refractivity contribution < 1.29 is 14.6 Å². The van der Waals surface area contributed by atoms with Gasteiger partial charge in [0.25, 0.3) is 0 Å². The van der Waals surface area contributed by atoms with Crippen molar-refractivity contribution in [1.82, 2.24) is 0 Å². The number of phenols is 1. The number of rotatable bonds is 3. The molecule has 0 aliphatic carbocycles. The first kappa shape index (κ1) is 14.5. The van der Waals surface area contributed by atoms with E-state index in [0.717, 1.165) is 0 Å². The zero-order chi connectivity index (χ0) is 10.6. The Hall–Kier alpha value is -0.510. The minimum atomic E-state index is -0.475. The first-order valence-corrected chi connectivity index (χ1v) is 4.56. The third kappa shape index (κ3) is 4.69. The van der Waals surface area contributed by atoms with Gasteiger partial charge in [0.1, 0.15) is 11.3 Å². The molecule has 4 heteroatoms. The molecule has 1 N–H and O–H groups in total. The van der Waals surface area contributed by atoms with Crippen molar-refractivity contribution in [2.24, 2.45) is 5.92 Å². The summed E-state index contributed by atoms with van der Waals surface area (Å²) in [4.78, 5) is 11.4. The number of carbonyl (C=O) groups is 1. The number of hydrogen-bond acceptors (Lipinski definition) is 3. The van der Waals surface area contributed by atoms with E-state index in [9.17, 15) is 9.90 Å². The molecule has 0 amide bonds. The van der Waals surface area contributed by atoms with Gasteiger partial charge in [-0.15, -0.1) is 0 Å². The van der Waals surface area contributed by atoms with Gasteiger partial charge in [0.05, 0.1) is 6.61 Å². The number of phenolic OH excluding ortho intramolecular Hbond substituents is 1. The van der Waals surface area contributed by atoms with Crippen LogP contribution in [0.3, 0.4) is 0 Å². The predicted octanol–water partition coefficient (Wildman–Crippen LogP) is 1.56. The van der Waals surface area contributed by atoms with Crippen molar-refractivity contribution in [2.75, 3.05) is 6.61 Å². The standard InChI is InChI=1S/C11H14O3.Na.H/c1-8(2)7-14-11(13)9-5-3-4-6-10(9)12;;/h3-6,8,12H,7H2,1-2H3;;. The van der Waals surface area contributed by atoms with Crippen LogP contribution in [0.1, 0.15) is 24.2 Å². The summed E-state index contributed by atoms with van der Waals surface area (Å²) >= 11 is 0. The normalized spacial score (nSPS) is 9.53. The fourth-order valence-electron chi connectivity index (χ4n) is 0.966. The summed E-state index contributed by atoms with van der Waals surface area (Å²) in [6, 6.07) is 6.35. The van der Waals surface area contributed by atoms with Crippen LogP contribution in [0.4, 0.5) is 0 Å². The molecule has 0 aromatic heterocycles. The summed E-state index contributed by atoms with van der Waals surface area (Å²) in [6.45, 7) is 4.28. The molecule has 0 fully saturated rings. The molecule has 0 aliphatic heterocycles. The molecule has 0 bridgehead atoms. The molecule has 3 nitrogen and oxygen atoms in total. The van der Waals surface area contributed by atoms with Gasteiger partial charge in [-0.1, -0.05) is 26.0 Å². The summed E-state index contributed by atoms with van der Waals surface area (Å²) in [6.07, 6.45) is 0. The van der Waals surface area contributed by atoms with Crippen molar-refractivity contribution >= 4 is 35.5 Å². The van der Waals surface area contributed by atoms with E-state index in [1.165, 1.54) is 12.1 Å². The summed E-state index contributed by atoms with van der Waals surface area (Å²) in [5, 5.41) is 9.35. The molecule has 15 heavy (non-hydrogen) atoms. The Balaban J connectivity index is 0.00000196. The zero-order valence-electron chi connectivity index (χ0n) is 8.36. The number of carbonyl (C=O) groups excluding carboxylic acids is 1. The topological polar surface area (TPSA) is 46.5 Å². The fourth-order valence-corrected chi connectivity index (χ4v) is 0.966. The van der Waals surface area contributed by atoms with Crippen molar-refractivity contribution in [2.45, 2.75) is 13.8 Å². The monoisotopic (exact) mass is 218 g/mol. The Labute approximate surface area is 112 Å². The van der Waals surface area contributed by atoms with Gasteiger partial charge < -0.3 is 9.84 Å². The van der Waals surface area contributed by atoms with Gasteiger partial charge in [-0.2, -0.15) is 0 Å². The first-order valence-electron chi connectivity index (χ1n) is 4.56. The van der Waals surface area contributed by atoms with Crippen LogP contribution in [0.5, 0.6) is 5.75 Å². The number of benzene rings is 1. The average molecular weight is 218 g/mol. The van der Waals surface area contributed by atoms with Crippen LogP contribution in [0.2, 0.25) is 0 Å². The Morgan fingerprint density at radius 2 is 2.00 bits per heavy atom. The van der Waals surface area contributed by atoms with Crippen molar-refractivity contribution in [3.8, 4) is 5.75 Å². The molecule has 0 unspecified atom stereocenters. The minimum absolute atomic E-state index is 0. The van der Waals surface area contributed by atoms with Crippen molar-refractivity contribution in [3.05, 3.63) is 29.8 Å². The van der Waals surface area contributed by atoms with E-state index in [-0.39, 0.29) is 40.9 Å². The average Bonchev–Trinajstić information content (AvgIpc) is 2.15. The number of ether oxygens (including phenoxy) is 1. The predicted molar refractivity (Wildman–Crippen MR) is 60.4 cm³/mol. The van der Waals surface area contributed by atoms with Gasteiger partial charge in [0.2, 0.25) is 0 Å². The third-order valence-corrected chi connectivity index (χ3v) is 1.67. The summed E-state index contributed by atoms with van der Waals surface area (Å²) in [5.41, 5.74) is 0.216. The van der Waals surface area contributed by atoms with Gasteiger partial charge in [0.15, 0.2) is 0 Å². The van der Waals surface area contributed by atoms with Crippen LogP contribution in [0, 0.1) is 5.92 Å². The summed E-state index contributed by atoms with van der Waals surface area (Å²) < 4.78 is 4.97. The molecule has 0 saturated heterocycles. The molecule has 78 valence electrons. The van der Waals surface area contributed by atoms with Crippen LogP contribution in [-0.2, 0) is 4.74 Å². The molecular formula is C11H15NaO3. The second-order valence-corrected chi connectivity index (χ2v) is 3.51. The zero-order valence-corrected chi connectivity index (χ0v) is 8.36. The molecule has 0 radical (unpaired) electrons. The SMILES string of the molecule is CC(C)COC(=O)c1ccccc1O.[NaH]. The Bertz CT molecular complexity index is 323. The van der Waals surface area contributed by atoms with E-state index < -0.39 is 5.97 Å².